The third-order valence-corrected chi connectivity index (χ3v) is 4.82. The van der Waals surface area contributed by atoms with Crippen molar-refractivity contribution in [3.05, 3.63) is 16.1 Å². The minimum Gasteiger partial charge on any atom is -0.299 e. The minimum atomic E-state index is 0.224. The monoisotopic (exact) mass is 251 g/mol. The molecule has 2 unspecified atom stereocenters. The van der Waals surface area contributed by atoms with Crippen molar-refractivity contribution < 1.29 is 4.79 Å². The first-order valence-corrected chi connectivity index (χ1v) is 7.38. The highest BCUT2D eigenvalue weighted by Gasteiger charge is 2.30. The third-order valence-electron chi connectivity index (χ3n) is 3.83. The van der Waals surface area contributed by atoms with Crippen molar-refractivity contribution in [2.75, 3.05) is 0 Å². The SMILES string of the molecule is Cc1csc(CC2CC(C(C)C)CCC2=O)n1. The van der Waals surface area contributed by atoms with Gasteiger partial charge in [-0.15, -0.1) is 11.3 Å². The summed E-state index contributed by atoms with van der Waals surface area (Å²) < 4.78 is 0. The Labute approximate surface area is 107 Å². The first kappa shape index (κ1) is 12.7. The van der Waals surface area contributed by atoms with Crippen LogP contribution in [-0.2, 0) is 11.2 Å². The molecule has 3 heteroatoms. The molecule has 94 valence electrons. The molecule has 1 saturated carbocycles. The second-order valence-corrected chi connectivity index (χ2v) is 6.47. The first-order valence-electron chi connectivity index (χ1n) is 6.50. The van der Waals surface area contributed by atoms with Gasteiger partial charge >= 0.3 is 0 Å². The zero-order valence-electron chi connectivity index (χ0n) is 10.9. The molecule has 2 rings (SSSR count). The highest BCUT2D eigenvalue weighted by Crippen LogP contribution is 2.33. The molecule has 1 heterocycles. The van der Waals surface area contributed by atoms with Gasteiger partial charge in [0.25, 0.3) is 0 Å². The average Bonchev–Trinajstić information content (AvgIpc) is 2.67. The predicted molar refractivity (Wildman–Crippen MR) is 71.2 cm³/mol. The van der Waals surface area contributed by atoms with Crippen LogP contribution >= 0.6 is 11.3 Å². The molecule has 0 aromatic carbocycles. The molecule has 0 aliphatic heterocycles. The maximum absolute atomic E-state index is 12.0. The molecule has 0 spiro atoms. The lowest BCUT2D eigenvalue weighted by Crippen LogP contribution is -2.28. The molecule has 0 radical (unpaired) electrons. The summed E-state index contributed by atoms with van der Waals surface area (Å²) in [5.74, 6) is 2.10. The van der Waals surface area contributed by atoms with E-state index >= 15 is 0 Å². The van der Waals surface area contributed by atoms with E-state index in [0.29, 0.717) is 11.7 Å². The number of hydrogen-bond acceptors (Lipinski definition) is 3. The van der Waals surface area contributed by atoms with Gasteiger partial charge in [0.15, 0.2) is 0 Å². The van der Waals surface area contributed by atoms with Crippen molar-refractivity contribution in [2.24, 2.45) is 17.8 Å². The molecule has 1 aromatic heterocycles. The van der Waals surface area contributed by atoms with Crippen molar-refractivity contribution in [3.63, 3.8) is 0 Å². The summed E-state index contributed by atoms with van der Waals surface area (Å²) >= 11 is 1.69. The smallest absolute Gasteiger partial charge is 0.136 e. The third kappa shape index (κ3) is 3.15. The molecular weight excluding hydrogens is 230 g/mol. The Morgan fingerprint density at radius 1 is 1.53 bits per heavy atom. The number of thiazole rings is 1. The van der Waals surface area contributed by atoms with Crippen LogP contribution in [0.25, 0.3) is 0 Å². The molecule has 2 atom stereocenters. The van der Waals surface area contributed by atoms with E-state index in [-0.39, 0.29) is 5.92 Å². The van der Waals surface area contributed by atoms with Crippen LogP contribution in [0.5, 0.6) is 0 Å². The summed E-state index contributed by atoms with van der Waals surface area (Å²) in [4.78, 5) is 16.4. The van der Waals surface area contributed by atoms with Gasteiger partial charge in [-0.25, -0.2) is 4.98 Å². The van der Waals surface area contributed by atoms with Crippen molar-refractivity contribution in [3.8, 4) is 0 Å². The number of hydrogen-bond donors (Lipinski definition) is 0. The van der Waals surface area contributed by atoms with Crippen molar-refractivity contribution in [1.29, 1.82) is 0 Å². The summed E-state index contributed by atoms with van der Waals surface area (Å²) in [6.07, 6.45) is 3.79. The highest BCUT2D eigenvalue weighted by atomic mass is 32.1. The second-order valence-electron chi connectivity index (χ2n) is 5.53. The fourth-order valence-electron chi connectivity index (χ4n) is 2.66. The Hall–Kier alpha value is -0.700. The minimum absolute atomic E-state index is 0.224. The topological polar surface area (TPSA) is 30.0 Å². The fraction of sp³-hybridized carbons (Fsp3) is 0.714. The molecule has 0 amide bonds. The molecule has 1 aliphatic rings. The standard InChI is InChI=1S/C14H21NOS/c1-9(2)11-4-5-13(16)12(6-11)7-14-15-10(3)8-17-14/h8-9,11-12H,4-7H2,1-3H3. The van der Waals surface area contributed by atoms with Crippen molar-refractivity contribution >= 4 is 17.1 Å². The predicted octanol–water partition coefficient (Wildman–Crippen LogP) is 3.64. The van der Waals surface area contributed by atoms with E-state index in [1.54, 1.807) is 11.3 Å². The van der Waals surface area contributed by atoms with E-state index in [1.807, 2.05) is 6.92 Å². The van der Waals surface area contributed by atoms with E-state index in [2.05, 4.69) is 24.2 Å². The normalized spacial score (nSPS) is 25.5. The van der Waals surface area contributed by atoms with Gasteiger partial charge in [-0.05, 0) is 31.6 Å². The molecule has 0 bridgehead atoms. The Morgan fingerprint density at radius 3 is 2.88 bits per heavy atom. The lowest BCUT2D eigenvalue weighted by molar-refractivity contribution is -0.125. The average molecular weight is 251 g/mol. The van der Waals surface area contributed by atoms with E-state index in [0.717, 1.165) is 42.3 Å². The zero-order valence-corrected chi connectivity index (χ0v) is 11.7. The number of aryl methyl sites for hydroxylation is 1. The van der Waals surface area contributed by atoms with Crippen LogP contribution in [-0.4, -0.2) is 10.8 Å². The van der Waals surface area contributed by atoms with Crippen LogP contribution < -0.4 is 0 Å². The van der Waals surface area contributed by atoms with E-state index in [1.165, 1.54) is 0 Å². The lowest BCUT2D eigenvalue weighted by atomic mass is 9.74. The van der Waals surface area contributed by atoms with Crippen LogP contribution in [0.4, 0.5) is 0 Å². The highest BCUT2D eigenvalue weighted by molar-refractivity contribution is 7.09. The maximum atomic E-state index is 12.0. The van der Waals surface area contributed by atoms with Crippen LogP contribution in [0.15, 0.2) is 5.38 Å². The first-order chi connectivity index (χ1) is 8.06. The van der Waals surface area contributed by atoms with Gasteiger partial charge in [-0.3, -0.25) is 4.79 Å². The Kier molecular flexibility index (Phi) is 3.97. The van der Waals surface area contributed by atoms with E-state index in [9.17, 15) is 4.79 Å². The Balaban J connectivity index is 2.00. The van der Waals surface area contributed by atoms with E-state index < -0.39 is 0 Å². The fourth-order valence-corrected chi connectivity index (χ4v) is 3.51. The number of Topliss-reactive ketones (excluding diaryl/α,β-unsaturated/α-hetero) is 1. The Morgan fingerprint density at radius 2 is 2.29 bits per heavy atom. The van der Waals surface area contributed by atoms with Gasteiger partial charge in [-0.2, -0.15) is 0 Å². The summed E-state index contributed by atoms with van der Waals surface area (Å²) in [6.45, 7) is 6.55. The van der Waals surface area contributed by atoms with Crippen molar-refractivity contribution in [1.82, 2.24) is 4.98 Å². The molecule has 2 nitrogen and oxygen atoms in total. The number of aromatic nitrogens is 1. The van der Waals surface area contributed by atoms with Crippen LogP contribution in [0, 0.1) is 24.7 Å². The van der Waals surface area contributed by atoms with Gasteiger partial charge in [-0.1, -0.05) is 13.8 Å². The summed E-state index contributed by atoms with van der Waals surface area (Å²) in [6, 6.07) is 0. The number of rotatable bonds is 3. The molecule has 0 saturated heterocycles. The van der Waals surface area contributed by atoms with Crippen LogP contribution in [0.1, 0.15) is 43.8 Å². The maximum Gasteiger partial charge on any atom is 0.136 e. The lowest BCUT2D eigenvalue weighted by Gasteiger charge is -2.30. The molecule has 0 N–H and O–H groups in total. The molecule has 17 heavy (non-hydrogen) atoms. The molecule has 1 fully saturated rings. The van der Waals surface area contributed by atoms with Gasteiger partial charge in [0.2, 0.25) is 0 Å². The number of ketones is 1. The van der Waals surface area contributed by atoms with Gasteiger partial charge in [0, 0.05) is 29.8 Å². The summed E-state index contributed by atoms with van der Waals surface area (Å²) in [5, 5.41) is 3.20. The van der Waals surface area contributed by atoms with Gasteiger partial charge < -0.3 is 0 Å². The summed E-state index contributed by atoms with van der Waals surface area (Å²) in [7, 11) is 0. The van der Waals surface area contributed by atoms with E-state index in [4.69, 9.17) is 0 Å². The van der Waals surface area contributed by atoms with Crippen molar-refractivity contribution in [2.45, 2.75) is 46.5 Å². The van der Waals surface area contributed by atoms with Gasteiger partial charge in [0.1, 0.15) is 5.78 Å². The van der Waals surface area contributed by atoms with Crippen LogP contribution in [0.2, 0.25) is 0 Å². The summed E-state index contributed by atoms with van der Waals surface area (Å²) in [5.41, 5.74) is 1.08. The largest absolute Gasteiger partial charge is 0.299 e. The van der Waals surface area contributed by atoms with Crippen LogP contribution in [0.3, 0.4) is 0 Å². The second kappa shape index (κ2) is 5.30. The quantitative estimate of drug-likeness (QED) is 0.821. The molecule has 1 aliphatic carbocycles. The number of nitrogens with zero attached hydrogens (tertiary/aromatic N) is 1. The Bertz CT molecular complexity index is 397. The zero-order chi connectivity index (χ0) is 12.4. The molecule has 1 aromatic rings. The number of carbonyl (C=O) groups excluding carboxylic acids is 1. The van der Waals surface area contributed by atoms with Gasteiger partial charge in [0.05, 0.1) is 5.01 Å². The number of carbonyl (C=O) groups is 1. The molecular formula is C14H21NOS.